The highest BCUT2D eigenvalue weighted by atomic mass is 19.4. The fraction of sp³-hybridized carbons (Fsp3) is 0.600. The molecule has 2 atom stereocenters. The smallest absolute Gasteiger partial charge is 0.371 e. The van der Waals surface area contributed by atoms with Crippen LogP contribution in [0.4, 0.5) is 13.2 Å². The van der Waals surface area contributed by atoms with Gasteiger partial charge in [-0.05, 0) is 31.0 Å². The van der Waals surface area contributed by atoms with Gasteiger partial charge in [0.05, 0.1) is 18.3 Å². The summed E-state index contributed by atoms with van der Waals surface area (Å²) in [6.07, 6.45) is -4.29. The maximum Gasteiger partial charge on any atom is 0.416 e. The predicted molar refractivity (Wildman–Crippen MR) is 69.5 cm³/mol. The molecule has 0 saturated carbocycles. The Hall–Kier alpha value is -1.07. The van der Waals surface area contributed by atoms with Gasteiger partial charge in [0.15, 0.2) is 0 Å². The van der Waals surface area contributed by atoms with Crippen molar-refractivity contribution >= 4 is 0 Å². The van der Waals surface area contributed by atoms with Crippen molar-refractivity contribution in [2.24, 2.45) is 0 Å². The zero-order chi connectivity index (χ0) is 14.5. The fourth-order valence-electron chi connectivity index (χ4n) is 3.26. The summed E-state index contributed by atoms with van der Waals surface area (Å²) in [5, 5.41) is 0. The maximum absolute atomic E-state index is 13.1. The van der Waals surface area contributed by atoms with Gasteiger partial charge < -0.3 is 4.74 Å². The van der Waals surface area contributed by atoms with E-state index in [1.165, 1.54) is 6.07 Å². The fourth-order valence-corrected chi connectivity index (χ4v) is 3.26. The molecule has 0 radical (unpaired) electrons. The highest BCUT2D eigenvalue weighted by Crippen LogP contribution is 2.42. The lowest BCUT2D eigenvalue weighted by atomic mass is 9.87. The van der Waals surface area contributed by atoms with Gasteiger partial charge in [-0.1, -0.05) is 12.1 Å². The van der Waals surface area contributed by atoms with E-state index in [-0.39, 0.29) is 18.6 Å². The van der Waals surface area contributed by atoms with E-state index in [9.17, 15) is 13.2 Å². The van der Waals surface area contributed by atoms with E-state index in [0.29, 0.717) is 11.6 Å². The number of likely N-dealkylation sites (tertiary alicyclic amines) is 1. The number of ether oxygens (including phenoxy) is 1. The van der Waals surface area contributed by atoms with Gasteiger partial charge in [-0.25, -0.2) is 0 Å². The lowest BCUT2D eigenvalue weighted by Crippen LogP contribution is -2.30. The first-order valence-corrected chi connectivity index (χ1v) is 6.92. The van der Waals surface area contributed by atoms with Gasteiger partial charge in [-0.2, -0.15) is 13.2 Å². The molecule has 110 valence electrons. The number of benzene rings is 1. The topological polar surface area (TPSA) is 12.5 Å². The number of rotatable bonds is 1. The minimum absolute atomic E-state index is 0.0217. The van der Waals surface area contributed by atoms with Crippen molar-refractivity contribution in [3.8, 4) is 0 Å². The molecule has 2 heterocycles. The maximum atomic E-state index is 13.1. The van der Waals surface area contributed by atoms with Crippen LogP contribution in [0, 0.1) is 0 Å². The lowest BCUT2D eigenvalue weighted by Gasteiger charge is -2.29. The monoisotopic (exact) mass is 285 g/mol. The Kier molecular flexibility index (Phi) is 3.29. The van der Waals surface area contributed by atoms with Gasteiger partial charge >= 0.3 is 6.18 Å². The summed E-state index contributed by atoms with van der Waals surface area (Å²) >= 11 is 0. The highest BCUT2D eigenvalue weighted by molar-refractivity contribution is 5.41. The minimum Gasteiger partial charge on any atom is -0.371 e. The molecule has 0 bridgehead atoms. The molecule has 0 aromatic heterocycles. The summed E-state index contributed by atoms with van der Waals surface area (Å²) in [5.74, 6) is 0.0587. The molecule has 3 rings (SSSR count). The van der Waals surface area contributed by atoms with Gasteiger partial charge in [0, 0.05) is 25.0 Å². The molecule has 2 aliphatic heterocycles. The van der Waals surface area contributed by atoms with Gasteiger partial charge in [-0.15, -0.1) is 0 Å². The Balaban J connectivity index is 1.98. The number of nitrogens with zero attached hydrogens (tertiary/aromatic N) is 1. The van der Waals surface area contributed by atoms with Crippen molar-refractivity contribution in [1.29, 1.82) is 0 Å². The average molecular weight is 285 g/mol. The van der Waals surface area contributed by atoms with Crippen molar-refractivity contribution in [2.75, 3.05) is 13.1 Å². The molecule has 5 heteroatoms. The number of halogens is 3. The quantitative estimate of drug-likeness (QED) is 0.784. The van der Waals surface area contributed by atoms with Crippen LogP contribution in [0.5, 0.6) is 0 Å². The first-order chi connectivity index (χ1) is 9.38. The summed E-state index contributed by atoms with van der Waals surface area (Å²) in [6, 6.07) is 4.88. The molecular weight excluding hydrogens is 267 g/mol. The first-order valence-electron chi connectivity index (χ1n) is 6.92. The Morgan fingerprint density at radius 2 is 2.00 bits per heavy atom. The SMILES string of the molecule is CC(C)N1C[C@@H]2c3cccc(C(F)(F)F)c3CO[C@@H]2C1. The highest BCUT2D eigenvalue weighted by Gasteiger charge is 2.43. The summed E-state index contributed by atoms with van der Waals surface area (Å²) in [7, 11) is 0. The third-order valence-corrected chi connectivity index (χ3v) is 4.38. The number of hydrogen-bond donors (Lipinski definition) is 0. The van der Waals surface area contributed by atoms with Gasteiger partial charge in [-0.3, -0.25) is 4.90 Å². The Morgan fingerprint density at radius 3 is 2.65 bits per heavy atom. The second kappa shape index (κ2) is 4.74. The Labute approximate surface area is 116 Å². The number of fused-ring (bicyclic) bond motifs is 3. The summed E-state index contributed by atoms with van der Waals surface area (Å²) < 4.78 is 44.9. The molecule has 1 fully saturated rings. The lowest BCUT2D eigenvalue weighted by molar-refractivity contribution is -0.139. The molecule has 0 spiro atoms. The van der Waals surface area contributed by atoms with Crippen LogP contribution in [-0.2, 0) is 17.5 Å². The standard InChI is InChI=1S/C15H18F3NO/c1-9(2)19-6-11-10-4-3-5-13(15(16,17)18)12(10)8-20-14(11)7-19/h3-5,9,11,14H,6-8H2,1-2H3/t11-,14-/m1/s1. The van der Waals surface area contributed by atoms with Crippen LogP contribution in [0.2, 0.25) is 0 Å². The molecule has 2 aliphatic rings. The van der Waals surface area contributed by atoms with E-state index in [0.717, 1.165) is 24.7 Å². The molecule has 1 aromatic rings. The molecule has 1 saturated heterocycles. The summed E-state index contributed by atoms with van der Waals surface area (Å²) in [4.78, 5) is 2.27. The average Bonchev–Trinajstić information content (AvgIpc) is 2.81. The van der Waals surface area contributed by atoms with E-state index in [2.05, 4.69) is 18.7 Å². The molecule has 2 nitrogen and oxygen atoms in total. The third kappa shape index (κ3) is 2.23. The van der Waals surface area contributed by atoms with Gasteiger partial charge in [0.25, 0.3) is 0 Å². The van der Waals surface area contributed by atoms with Crippen molar-refractivity contribution in [2.45, 2.75) is 44.7 Å². The second-order valence-electron chi connectivity index (χ2n) is 5.87. The predicted octanol–water partition coefficient (Wildman–Crippen LogP) is 3.41. The molecular formula is C15H18F3NO. The normalized spacial score (nSPS) is 26.7. The van der Waals surface area contributed by atoms with Crippen LogP contribution in [0.15, 0.2) is 18.2 Å². The molecule has 0 unspecified atom stereocenters. The van der Waals surface area contributed by atoms with E-state index in [1.54, 1.807) is 0 Å². The van der Waals surface area contributed by atoms with E-state index in [4.69, 9.17) is 4.74 Å². The molecule has 20 heavy (non-hydrogen) atoms. The van der Waals surface area contributed by atoms with Crippen LogP contribution in [0.1, 0.15) is 36.5 Å². The summed E-state index contributed by atoms with van der Waals surface area (Å²) in [5.41, 5.74) is 0.600. The van der Waals surface area contributed by atoms with Crippen molar-refractivity contribution in [1.82, 2.24) is 4.90 Å². The van der Waals surface area contributed by atoms with Crippen molar-refractivity contribution < 1.29 is 17.9 Å². The molecule has 0 aliphatic carbocycles. The molecule has 0 N–H and O–H groups in total. The van der Waals surface area contributed by atoms with Crippen LogP contribution >= 0.6 is 0 Å². The Bertz CT molecular complexity index is 512. The van der Waals surface area contributed by atoms with Crippen LogP contribution in [-0.4, -0.2) is 30.1 Å². The Morgan fingerprint density at radius 1 is 1.25 bits per heavy atom. The van der Waals surface area contributed by atoms with Crippen molar-refractivity contribution in [3.63, 3.8) is 0 Å². The van der Waals surface area contributed by atoms with Gasteiger partial charge in [0.1, 0.15) is 0 Å². The van der Waals surface area contributed by atoms with Crippen LogP contribution < -0.4 is 0 Å². The number of hydrogen-bond acceptors (Lipinski definition) is 2. The zero-order valence-electron chi connectivity index (χ0n) is 11.6. The minimum atomic E-state index is -4.31. The van der Waals surface area contributed by atoms with E-state index in [1.807, 2.05) is 6.07 Å². The number of alkyl halides is 3. The molecule has 0 amide bonds. The second-order valence-corrected chi connectivity index (χ2v) is 5.87. The van der Waals surface area contributed by atoms with Crippen LogP contribution in [0.25, 0.3) is 0 Å². The van der Waals surface area contributed by atoms with Crippen LogP contribution in [0.3, 0.4) is 0 Å². The third-order valence-electron chi connectivity index (χ3n) is 4.38. The zero-order valence-corrected chi connectivity index (χ0v) is 11.6. The first kappa shape index (κ1) is 13.9. The van der Waals surface area contributed by atoms with E-state index < -0.39 is 11.7 Å². The van der Waals surface area contributed by atoms with Gasteiger partial charge in [0.2, 0.25) is 0 Å². The molecule has 1 aromatic carbocycles. The van der Waals surface area contributed by atoms with E-state index >= 15 is 0 Å². The summed E-state index contributed by atoms with van der Waals surface area (Å²) in [6.45, 7) is 5.85. The largest absolute Gasteiger partial charge is 0.416 e. The van der Waals surface area contributed by atoms with Crippen molar-refractivity contribution in [3.05, 3.63) is 34.9 Å².